The van der Waals surface area contributed by atoms with E-state index in [0.717, 1.165) is 43.1 Å². The van der Waals surface area contributed by atoms with Crippen molar-refractivity contribution in [2.24, 2.45) is 5.92 Å². The van der Waals surface area contributed by atoms with Crippen LogP contribution < -0.4 is 5.32 Å². The van der Waals surface area contributed by atoms with Crippen LogP contribution in [0.25, 0.3) is 5.69 Å². The van der Waals surface area contributed by atoms with E-state index in [1.807, 2.05) is 24.7 Å². The largest absolute Gasteiger partial charge is 0.311 e. The van der Waals surface area contributed by atoms with Crippen molar-refractivity contribution in [2.75, 3.05) is 6.54 Å². The molecule has 4 heteroatoms. The highest BCUT2D eigenvalue weighted by atomic mass is 15.1. The van der Waals surface area contributed by atoms with E-state index in [-0.39, 0.29) is 0 Å². The highest BCUT2D eigenvalue weighted by molar-refractivity contribution is 5.33. The third-order valence-corrected chi connectivity index (χ3v) is 3.13. The van der Waals surface area contributed by atoms with Gasteiger partial charge in [-0.05, 0) is 31.0 Å². The van der Waals surface area contributed by atoms with E-state index < -0.39 is 0 Å². The molecule has 0 atom stereocenters. The van der Waals surface area contributed by atoms with Gasteiger partial charge >= 0.3 is 0 Å². The Balaban J connectivity index is 2.10. The second-order valence-corrected chi connectivity index (χ2v) is 5.49. The number of imidazole rings is 1. The molecule has 2 aromatic rings. The van der Waals surface area contributed by atoms with Gasteiger partial charge in [0.05, 0.1) is 11.4 Å². The van der Waals surface area contributed by atoms with Crippen LogP contribution in [0.15, 0.2) is 30.7 Å². The van der Waals surface area contributed by atoms with Crippen LogP contribution in [0.5, 0.6) is 0 Å². The maximum absolute atomic E-state index is 4.43. The van der Waals surface area contributed by atoms with Gasteiger partial charge in [0.25, 0.3) is 0 Å². The Kier molecular flexibility index (Phi) is 5.30. The summed E-state index contributed by atoms with van der Waals surface area (Å²) in [5.74, 6) is 1.77. The van der Waals surface area contributed by atoms with Crippen molar-refractivity contribution in [3.8, 4) is 5.69 Å². The summed E-state index contributed by atoms with van der Waals surface area (Å²) in [5.41, 5.74) is 2.21. The molecule has 0 saturated carbocycles. The van der Waals surface area contributed by atoms with Crippen LogP contribution >= 0.6 is 0 Å². The van der Waals surface area contributed by atoms with Crippen LogP contribution in [0.1, 0.15) is 38.7 Å². The van der Waals surface area contributed by atoms with Gasteiger partial charge < -0.3 is 9.88 Å². The molecule has 0 spiro atoms. The zero-order valence-corrected chi connectivity index (χ0v) is 12.6. The van der Waals surface area contributed by atoms with Gasteiger partial charge in [-0.1, -0.05) is 20.8 Å². The molecule has 0 aromatic carbocycles. The minimum atomic E-state index is 0.656. The van der Waals surface area contributed by atoms with Gasteiger partial charge in [-0.15, -0.1) is 0 Å². The lowest BCUT2D eigenvalue weighted by molar-refractivity contribution is 0.548. The molecule has 0 amide bonds. The van der Waals surface area contributed by atoms with Gasteiger partial charge in [0.1, 0.15) is 5.82 Å². The first-order valence-corrected chi connectivity index (χ1v) is 7.39. The molecule has 0 aliphatic rings. The number of nitrogens with zero attached hydrogens (tertiary/aromatic N) is 3. The summed E-state index contributed by atoms with van der Waals surface area (Å²) in [6.07, 6.45) is 7.85. The van der Waals surface area contributed by atoms with E-state index in [1.165, 1.54) is 0 Å². The third-order valence-electron chi connectivity index (χ3n) is 3.13. The molecule has 0 saturated heterocycles. The minimum Gasteiger partial charge on any atom is -0.311 e. The maximum atomic E-state index is 4.43. The number of aryl methyl sites for hydroxylation is 1. The first-order chi connectivity index (χ1) is 9.70. The predicted octanol–water partition coefficient (Wildman–Crippen LogP) is 2.97. The molecule has 0 fully saturated rings. The van der Waals surface area contributed by atoms with Gasteiger partial charge in [0.15, 0.2) is 0 Å². The molecule has 4 nitrogen and oxygen atoms in total. The molecule has 108 valence electrons. The Morgan fingerprint density at radius 1 is 1.25 bits per heavy atom. The van der Waals surface area contributed by atoms with Gasteiger partial charge in [-0.3, -0.25) is 4.98 Å². The van der Waals surface area contributed by atoms with Gasteiger partial charge in [-0.2, -0.15) is 0 Å². The Hall–Kier alpha value is -1.68. The molecule has 1 N–H and O–H groups in total. The first kappa shape index (κ1) is 14.7. The average molecular weight is 272 g/mol. The fourth-order valence-corrected chi connectivity index (χ4v) is 2.18. The Morgan fingerprint density at radius 2 is 2.10 bits per heavy atom. The molecule has 0 radical (unpaired) electrons. The quantitative estimate of drug-likeness (QED) is 0.842. The van der Waals surface area contributed by atoms with E-state index >= 15 is 0 Å². The molecule has 0 aliphatic heterocycles. The predicted molar refractivity (Wildman–Crippen MR) is 81.9 cm³/mol. The zero-order chi connectivity index (χ0) is 14.4. The number of nitrogens with one attached hydrogen (secondary N) is 1. The summed E-state index contributed by atoms with van der Waals surface area (Å²) in [6.45, 7) is 8.41. The van der Waals surface area contributed by atoms with Crippen molar-refractivity contribution in [3.63, 3.8) is 0 Å². The Labute approximate surface area is 121 Å². The molecule has 2 heterocycles. The highest BCUT2D eigenvalue weighted by Crippen LogP contribution is 2.12. The summed E-state index contributed by atoms with van der Waals surface area (Å²) >= 11 is 0. The van der Waals surface area contributed by atoms with Gasteiger partial charge in [0.2, 0.25) is 0 Å². The first-order valence-electron chi connectivity index (χ1n) is 7.39. The van der Waals surface area contributed by atoms with Crippen molar-refractivity contribution in [1.29, 1.82) is 0 Å². The topological polar surface area (TPSA) is 42.7 Å². The van der Waals surface area contributed by atoms with Crippen LogP contribution in [-0.4, -0.2) is 21.1 Å². The van der Waals surface area contributed by atoms with Crippen LogP contribution in [0.2, 0.25) is 0 Å². The van der Waals surface area contributed by atoms with Crippen molar-refractivity contribution in [3.05, 3.63) is 42.2 Å². The van der Waals surface area contributed by atoms with Crippen LogP contribution in [0.4, 0.5) is 0 Å². The van der Waals surface area contributed by atoms with Crippen LogP contribution in [0, 0.1) is 5.92 Å². The van der Waals surface area contributed by atoms with Crippen molar-refractivity contribution in [2.45, 2.75) is 40.2 Å². The molecular formula is C16H24N4. The van der Waals surface area contributed by atoms with Crippen LogP contribution in [-0.2, 0) is 13.0 Å². The number of hydrogen-bond donors (Lipinski definition) is 1. The summed E-state index contributed by atoms with van der Waals surface area (Å²) in [4.78, 5) is 8.85. The van der Waals surface area contributed by atoms with Gasteiger partial charge in [-0.25, -0.2) is 4.98 Å². The normalized spacial score (nSPS) is 11.2. The lowest BCUT2D eigenvalue weighted by Gasteiger charge is -2.10. The number of aromatic nitrogens is 3. The van der Waals surface area contributed by atoms with E-state index in [4.69, 9.17) is 0 Å². The third kappa shape index (κ3) is 3.90. The fraction of sp³-hybridized carbons (Fsp3) is 0.500. The highest BCUT2D eigenvalue weighted by Gasteiger charge is 2.05. The van der Waals surface area contributed by atoms with Crippen molar-refractivity contribution in [1.82, 2.24) is 19.9 Å². The number of rotatable bonds is 7. The maximum Gasteiger partial charge on any atom is 0.113 e. The van der Waals surface area contributed by atoms with Crippen molar-refractivity contribution >= 4 is 0 Å². The second-order valence-electron chi connectivity index (χ2n) is 5.49. The summed E-state index contributed by atoms with van der Waals surface area (Å²) in [7, 11) is 0. The number of hydrogen-bond acceptors (Lipinski definition) is 3. The fourth-order valence-electron chi connectivity index (χ4n) is 2.18. The zero-order valence-electron chi connectivity index (χ0n) is 12.6. The lowest BCUT2D eigenvalue weighted by Crippen LogP contribution is -2.19. The summed E-state index contributed by atoms with van der Waals surface area (Å²) in [5, 5.41) is 3.43. The van der Waals surface area contributed by atoms with E-state index in [9.17, 15) is 0 Å². The van der Waals surface area contributed by atoms with Crippen molar-refractivity contribution < 1.29 is 0 Å². The average Bonchev–Trinajstić information content (AvgIpc) is 2.87. The molecular weight excluding hydrogens is 248 g/mol. The molecule has 0 aliphatic carbocycles. The molecule has 0 bridgehead atoms. The second kappa shape index (κ2) is 7.20. The number of pyridine rings is 1. The summed E-state index contributed by atoms with van der Waals surface area (Å²) < 4.78 is 2.15. The monoisotopic (exact) mass is 272 g/mol. The Bertz CT molecular complexity index is 531. The van der Waals surface area contributed by atoms with Crippen LogP contribution in [0.3, 0.4) is 0 Å². The lowest BCUT2D eigenvalue weighted by atomic mass is 10.2. The SMILES string of the molecule is CCCc1nccn1-c1ccnc(CNCC(C)C)c1. The standard InChI is InChI=1S/C16H24N4/c1-4-5-16-19-8-9-20(16)15-6-7-18-14(10-15)12-17-11-13(2)3/h6-10,13,17H,4-5,11-12H2,1-3H3. The minimum absolute atomic E-state index is 0.656. The Morgan fingerprint density at radius 3 is 2.85 bits per heavy atom. The smallest absolute Gasteiger partial charge is 0.113 e. The molecule has 2 aromatic heterocycles. The molecule has 0 unspecified atom stereocenters. The summed E-state index contributed by atoms with van der Waals surface area (Å²) in [6, 6.07) is 4.17. The van der Waals surface area contributed by atoms with Gasteiger partial charge in [0, 0.05) is 31.6 Å². The molecule has 20 heavy (non-hydrogen) atoms. The van der Waals surface area contributed by atoms with E-state index in [1.54, 1.807) is 0 Å². The van der Waals surface area contributed by atoms with E-state index in [0.29, 0.717) is 5.92 Å². The van der Waals surface area contributed by atoms with E-state index in [2.05, 4.69) is 46.7 Å². The molecule has 2 rings (SSSR count).